The quantitative estimate of drug-likeness (QED) is 0.780. The maximum atomic E-state index is 11.9. The van der Waals surface area contributed by atoms with Crippen LogP contribution in [-0.4, -0.2) is 37.1 Å². The molecule has 0 aromatic carbocycles. The zero-order valence-corrected chi connectivity index (χ0v) is 12.5. The molecular weight excluding hydrogens is 260 g/mol. The predicted octanol–water partition coefficient (Wildman–Crippen LogP) is 2.30. The molecule has 1 amide bonds. The summed E-state index contributed by atoms with van der Waals surface area (Å²) in [6, 6.07) is 4.20. The van der Waals surface area contributed by atoms with E-state index in [1.165, 1.54) is 9.75 Å². The fraction of sp³-hybridized carbons (Fsp3) is 0.643. The predicted molar refractivity (Wildman–Crippen MR) is 77.2 cm³/mol. The van der Waals surface area contributed by atoms with E-state index in [4.69, 9.17) is 4.74 Å². The zero-order chi connectivity index (χ0) is 13.7. The molecule has 1 fully saturated rings. The Morgan fingerprint density at radius 2 is 2.32 bits per heavy atom. The van der Waals surface area contributed by atoms with Gasteiger partial charge in [-0.2, -0.15) is 0 Å². The van der Waals surface area contributed by atoms with Crippen LogP contribution in [0.15, 0.2) is 12.1 Å². The maximum absolute atomic E-state index is 11.9. The van der Waals surface area contributed by atoms with Crippen LogP contribution >= 0.6 is 11.3 Å². The van der Waals surface area contributed by atoms with Gasteiger partial charge in [0.15, 0.2) is 0 Å². The Morgan fingerprint density at radius 3 is 3.00 bits per heavy atom. The van der Waals surface area contributed by atoms with Gasteiger partial charge >= 0.3 is 0 Å². The Kier molecular flexibility index (Phi) is 5.36. The number of amides is 1. The van der Waals surface area contributed by atoms with Crippen LogP contribution < -0.4 is 5.32 Å². The van der Waals surface area contributed by atoms with Gasteiger partial charge in [0.05, 0.1) is 13.2 Å². The van der Waals surface area contributed by atoms with Crippen LogP contribution in [0.25, 0.3) is 0 Å². The minimum absolute atomic E-state index is 0.0287. The van der Waals surface area contributed by atoms with Crippen molar-refractivity contribution >= 4 is 17.2 Å². The first-order valence-electron chi connectivity index (χ1n) is 6.89. The van der Waals surface area contributed by atoms with Crippen molar-refractivity contribution in [1.29, 1.82) is 0 Å². The second-order valence-electron chi connectivity index (χ2n) is 4.78. The second kappa shape index (κ2) is 7.03. The zero-order valence-electron chi connectivity index (χ0n) is 11.6. The molecule has 2 heterocycles. The van der Waals surface area contributed by atoms with Crippen molar-refractivity contribution in [3.05, 3.63) is 21.9 Å². The first-order chi connectivity index (χ1) is 9.22. The molecule has 0 saturated carbocycles. The lowest BCUT2D eigenvalue weighted by Crippen LogP contribution is -2.33. The maximum Gasteiger partial charge on any atom is 0.238 e. The van der Waals surface area contributed by atoms with Crippen LogP contribution in [0.3, 0.4) is 0 Å². The summed E-state index contributed by atoms with van der Waals surface area (Å²) in [5.74, 6) is 0.162. The van der Waals surface area contributed by atoms with Gasteiger partial charge in [-0.15, -0.1) is 11.3 Å². The van der Waals surface area contributed by atoms with Crippen molar-refractivity contribution < 1.29 is 9.53 Å². The fourth-order valence-corrected chi connectivity index (χ4v) is 3.13. The number of ether oxygens (including phenoxy) is 1. The number of hydrogen-bond acceptors (Lipinski definition) is 4. The lowest BCUT2D eigenvalue weighted by atomic mass is 10.3. The molecule has 1 aromatic heterocycles. The number of hydrogen-bond donors (Lipinski definition) is 1. The van der Waals surface area contributed by atoms with E-state index < -0.39 is 0 Å². The molecule has 19 heavy (non-hydrogen) atoms. The molecule has 0 spiro atoms. The largest absolute Gasteiger partial charge is 0.380 e. The lowest BCUT2D eigenvalue weighted by Gasteiger charge is -2.23. The Hall–Kier alpha value is -0.910. The monoisotopic (exact) mass is 282 g/mol. The second-order valence-corrected chi connectivity index (χ2v) is 6.10. The normalized spacial score (nSPS) is 19.4. The van der Waals surface area contributed by atoms with Crippen molar-refractivity contribution in [1.82, 2.24) is 10.2 Å². The topological polar surface area (TPSA) is 41.6 Å². The van der Waals surface area contributed by atoms with E-state index in [0.717, 1.165) is 19.4 Å². The van der Waals surface area contributed by atoms with Crippen molar-refractivity contribution in [2.45, 2.75) is 32.9 Å². The van der Waals surface area contributed by atoms with Crippen molar-refractivity contribution in [2.24, 2.45) is 0 Å². The molecule has 0 radical (unpaired) electrons. The number of aryl methyl sites for hydroxylation is 1. The van der Waals surface area contributed by atoms with Crippen LogP contribution in [0.4, 0.5) is 0 Å². The highest BCUT2D eigenvalue weighted by Gasteiger charge is 2.31. The highest BCUT2D eigenvalue weighted by Crippen LogP contribution is 2.28. The van der Waals surface area contributed by atoms with Crippen LogP contribution in [0, 0.1) is 6.92 Å². The summed E-state index contributed by atoms with van der Waals surface area (Å²) in [6.07, 6.45) is 2.25. The third kappa shape index (κ3) is 3.78. The number of nitrogens with zero attached hydrogens (tertiary/aromatic N) is 1. The highest BCUT2D eigenvalue weighted by atomic mass is 32.1. The molecule has 1 aliphatic heterocycles. The Labute approximate surface area is 118 Å². The number of carbonyl (C=O) groups is 1. The first-order valence-corrected chi connectivity index (χ1v) is 7.71. The summed E-state index contributed by atoms with van der Waals surface area (Å²) in [7, 11) is 0. The SMILES string of the molecule is CCCCOCCN1C(=O)CNC1c1ccc(C)s1. The van der Waals surface area contributed by atoms with Crippen LogP contribution in [-0.2, 0) is 9.53 Å². The molecule has 5 heteroatoms. The van der Waals surface area contributed by atoms with E-state index in [-0.39, 0.29) is 12.1 Å². The van der Waals surface area contributed by atoms with Crippen molar-refractivity contribution in [3.8, 4) is 0 Å². The standard InChI is InChI=1S/C14H22N2O2S/c1-3-4-8-18-9-7-16-13(17)10-15-14(16)12-6-5-11(2)19-12/h5-6,14-15H,3-4,7-10H2,1-2H3. The van der Waals surface area contributed by atoms with E-state index in [2.05, 4.69) is 31.3 Å². The highest BCUT2D eigenvalue weighted by molar-refractivity contribution is 7.12. The number of unbranched alkanes of at least 4 members (excludes halogenated alkanes) is 1. The molecule has 2 rings (SSSR count). The average Bonchev–Trinajstić information content (AvgIpc) is 2.96. The van der Waals surface area contributed by atoms with Gasteiger partial charge < -0.3 is 9.64 Å². The fourth-order valence-electron chi connectivity index (χ4n) is 2.16. The van der Waals surface area contributed by atoms with Crippen molar-refractivity contribution in [2.75, 3.05) is 26.3 Å². The molecule has 1 aromatic rings. The minimum Gasteiger partial charge on any atom is -0.380 e. The molecule has 1 saturated heterocycles. The molecule has 4 nitrogen and oxygen atoms in total. The molecule has 0 bridgehead atoms. The van der Waals surface area contributed by atoms with Gasteiger partial charge in [0.1, 0.15) is 6.17 Å². The van der Waals surface area contributed by atoms with Gasteiger partial charge in [-0.3, -0.25) is 10.1 Å². The third-order valence-corrected chi connectivity index (χ3v) is 4.28. The van der Waals surface area contributed by atoms with Crippen molar-refractivity contribution in [3.63, 3.8) is 0 Å². The number of rotatable bonds is 7. The van der Waals surface area contributed by atoms with Gasteiger partial charge in [-0.1, -0.05) is 13.3 Å². The lowest BCUT2D eigenvalue weighted by molar-refractivity contribution is -0.128. The van der Waals surface area contributed by atoms with Crippen LogP contribution in [0.5, 0.6) is 0 Å². The van der Waals surface area contributed by atoms with Gasteiger partial charge in [-0.25, -0.2) is 0 Å². The van der Waals surface area contributed by atoms with Crippen LogP contribution in [0.1, 0.15) is 35.7 Å². The molecule has 106 valence electrons. The Balaban J connectivity index is 1.87. The third-order valence-electron chi connectivity index (χ3n) is 3.23. The summed E-state index contributed by atoms with van der Waals surface area (Å²) in [5, 5.41) is 3.27. The van der Waals surface area contributed by atoms with E-state index in [1.807, 2.05) is 4.90 Å². The van der Waals surface area contributed by atoms with Crippen LogP contribution in [0.2, 0.25) is 0 Å². The smallest absolute Gasteiger partial charge is 0.238 e. The Bertz CT molecular complexity index is 419. The summed E-state index contributed by atoms with van der Waals surface area (Å²) >= 11 is 1.74. The molecule has 0 aliphatic carbocycles. The first kappa shape index (κ1) is 14.5. The van der Waals surface area contributed by atoms with Gasteiger partial charge in [0.2, 0.25) is 5.91 Å². The average molecular weight is 282 g/mol. The van der Waals surface area contributed by atoms with Gasteiger partial charge in [0.25, 0.3) is 0 Å². The number of carbonyl (C=O) groups excluding carboxylic acids is 1. The van der Waals surface area contributed by atoms with E-state index in [9.17, 15) is 4.79 Å². The summed E-state index contributed by atoms with van der Waals surface area (Å²) in [5.41, 5.74) is 0. The Morgan fingerprint density at radius 1 is 1.47 bits per heavy atom. The number of nitrogens with one attached hydrogen (secondary N) is 1. The number of thiophene rings is 1. The molecule has 1 unspecified atom stereocenters. The molecular formula is C14H22N2O2S. The molecule has 1 N–H and O–H groups in total. The van der Waals surface area contributed by atoms with E-state index >= 15 is 0 Å². The van der Waals surface area contributed by atoms with E-state index in [0.29, 0.717) is 19.7 Å². The molecule has 1 atom stereocenters. The minimum atomic E-state index is 0.0287. The summed E-state index contributed by atoms with van der Waals surface area (Å²) < 4.78 is 5.56. The summed E-state index contributed by atoms with van der Waals surface area (Å²) in [6.45, 7) is 6.73. The van der Waals surface area contributed by atoms with Gasteiger partial charge in [0, 0.05) is 22.9 Å². The molecule has 1 aliphatic rings. The van der Waals surface area contributed by atoms with Gasteiger partial charge in [-0.05, 0) is 25.5 Å². The summed E-state index contributed by atoms with van der Waals surface area (Å²) in [4.78, 5) is 16.3. The van der Waals surface area contributed by atoms with E-state index in [1.54, 1.807) is 11.3 Å².